The van der Waals surface area contributed by atoms with Gasteiger partial charge in [0.25, 0.3) is 5.91 Å². The Morgan fingerprint density at radius 3 is 2.50 bits per heavy atom. The van der Waals surface area contributed by atoms with Gasteiger partial charge in [0, 0.05) is 32.4 Å². The highest BCUT2D eigenvalue weighted by molar-refractivity contribution is 5.95. The maximum Gasteiger partial charge on any atom is 0.257 e. The van der Waals surface area contributed by atoms with Gasteiger partial charge in [0.2, 0.25) is 0 Å². The van der Waals surface area contributed by atoms with Crippen LogP contribution in [0.15, 0.2) is 36.5 Å². The Balaban J connectivity index is 0.00000242. The summed E-state index contributed by atoms with van der Waals surface area (Å²) in [6.45, 7) is 3.58. The molecule has 1 aromatic heterocycles. The highest BCUT2D eigenvalue weighted by Gasteiger charge is 2.19. The van der Waals surface area contributed by atoms with Gasteiger partial charge in [-0.2, -0.15) is 5.10 Å². The van der Waals surface area contributed by atoms with E-state index in [-0.39, 0.29) is 18.3 Å². The number of nitrogens with zero attached hydrogens (tertiary/aromatic N) is 3. The van der Waals surface area contributed by atoms with Crippen molar-refractivity contribution in [2.45, 2.75) is 13.3 Å². The number of nitrogens with two attached hydrogens (primary N) is 1. The van der Waals surface area contributed by atoms with Crippen LogP contribution in [0.5, 0.6) is 0 Å². The van der Waals surface area contributed by atoms with Crippen LogP contribution in [-0.4, -0.2) is 40.2 Å². The first kappa shape index (κ1) is 18.2. The Kier molecular flexibility index (Phi) is 7.08. The zero-order chi connectivity index (χ0) is 15.2. The number of aromatic nitrogens is 2. The maximum absolute atomic E-state index is 12.6. The molecule has 5 nitrogen and oxygen atoms in total. The van der Waals surface area contributed by atoms with Gasteiger partial charge < -0.3 is 10.6 Å². The van der Waals surface area contributed by atoms with Gasteiger partial charge in [0.1, 0.15) is 0 Å². The summed E-state index contributed by atoms with van der Waals surface area (Å²) in [6.07, 6.45) is 2.45. The number of aryl methyl sites for hydroxylation is 1. The average molecular weight is 323 g/mol. The van der Waals surface area contributed by atoms with E-state index in [4.69, 9.17) is 5.73 Å². The topological polar surface area (TPSA) is 64.2 Å². The van der Waals surface area contributed by atoms with Crippen LogP contribution in [0, 0.1) is 6.92 Å². The Morgan fingerprint density at radius 1 is 1.27 bits per heavy atom. The molecule has 0 fully saturated rings. The predicted octanol–water partition coefficient (Wildman–Crippen LogP) is 1.79. The van der Waals surface area contributed by atoms with Crippen molar-refractivity contribution >= 4 is 18.3 Å². The minimum Gasteiger partial charge on any atom is -0.337 e. The van der Waals surface area contributed by atoms with Crippen LogP contribution in [0.1, 0.15) is 21.6 Å². The fourth-order valence-electron chi connectivity index (χ4n) is 2.26. The van der Waals surface area contributed by atoms with E-state index in [9.17, 15) is 4.79 Å². The van der Waals surface area contributed by atoms with Gasteiger partial charge in [-0.25, -0.2) is 0 Å². The molecule has 2 N–H and O–H groups in total. The third-order valence-electron chi connectivity index (χ3n) is 3.67. The van der Waals surface area contributed by atoms with Crippen molar-refractivity contribution < 1.29 is 4.79 Å². The van der Waals surface area contributed by atoms with Crippen molar-refractivity contribution in [2.75, 3.05) is 19.6 Å². The molecule has 6 heteroatoms. The zero-order valence-corrected chi connectivity index (χ0v) is 13.8. The number of carbonyl (C=O) groups excluding carboxylic acids is 1. The summed E-state index contributed by atoms with van der Waals surface area (Å²) < 4.78 is 1.71. The Labute approximate surface area is 137 Å². The second-order valence-corrected chi connectivity index (χ2v) is 5.08. The van der Waals surface area contributed by atoms with E-state index < -0.39 is 0 Å². The van der Waals surface area contributed by atoms with Gasteiger partial charge in [-0.3, -0.25) is 9.48 Å². The maximum atomic E-state index is 12.6. The van der Waals surface area contributed by atoms with Gasteiger partial charge in [0.15, 0.2) is 0 Å². The molecule has 0 unspecified atom stereocenters. The first-order valence-corrected chi connectivity index (χ1v) is 7.15. The van der Waals surface area contributed by atoms with E-state index in [0.29, 0.717) is 25.2 Å². The molecule has 22 heavy (non-hydrogen) atoms. The quantitative estimate of drug-likeness (QED) is 0.882. The van der Waals surface area contributed by atoms with E-state index in [0.717, 1.165) is 12.1 Å². The largest absolute Gasteiger partial charge is 0.337 e. The minimum absolute atomic E-state index is 0. The highest BCUT2D eigenvalue weighted by Crippen LogP contribution is 2.10. The summed E-state index contributed by atoms with van der Waals surface area (Å²) in [5, 5.41) is 4.14. The molecule has 0 spiro atoms. The molecule has 1 amide bonds. The second-order valence-electron chi connectivity index (χ2n) is 5.08. The molecular weight excluding hydrogens is 300 g/mol. The lowest BCUT2D eigenvalue weighted by molar-refractivity contribution is 0.0761. The third-order valence-corrected chi connectivity index (χ3v) is 3.67. The van der Waals surface area contributed by atoms with Crippen molar-refractivity contribution in [1.82, 2.24) is 14.7 Å². The molecule has 0 atom stereocenters. The summed E-state index contributed by atoms with van der Waals surface area (Å²) in [4.78, 5) is 14.4. The lowest BCUT2D eigenvalue weighted by atomic mass is 10.1. The lowest BCUT2D eigenvalue weighted by Crippen LogP contribution is -2.37. The fraction of sp³-hybridized carbons (Fsp3) is 0.375. The smallest absolute Gasteiger partial charge is 0.257 e. The fourth-order valence-corrected chi connectivity index (χ4v) is 2.26. The molecule has 0 saturated carbocycles. The second kappa shape index (κ2) is 8.56. The lowest BCUT2D eigenvalue weighted by Gasteiger charge is -2.22. The van der Waals surface area contributed by atoms with Crippen LogP contribution in [0.4, 0.5) is 0 Å². The first-order chi connectivity index (χ1) is 10.1. The Morgan fingerprint density at radius 2 is 1.95 bits per heavy atom. The van der Waals surface area contributed by atoms with Gasteiger partial charge in [-0.05, 0) is 18.9 Å². The van der Waals surface area contributed by atoms with Gasteiger partial charge in [-0.15, -0.1) is 12.4 Å². The van der Waals surface area contributed by atoms with Gasteiger partial charge in [0.05, 0.1) is 11.8 Å². The summed E-state index contributed by atoms with van der Waals surface area (Å²) in [5.41, 5.74) is 8.39. The van der Waals surface area contributed by atoms with Crippen molar-refractivity contribution in [2.24, 2.45) is 12.8 Å². The van der Waals surface area contributed by atoms with Gasteiger partial charge in [-0.1, -0.05) is 30.3 Å². The predicted molar refractivity (Wildman–Crippen MR) is 90.3 cm³/mol. The molecule has 0 radical (unpaired) electrons. The van der Waals surface area contributed by atoms with Crippen molar-refractivity contribution in [3.8, 4) is 0 Å². The number of amides is 1. The van der Waals surface area contributed by atoms with Crippen LogP contribution < -0.4 is 5.73 Å². The molecular formula is C16H23ClN4O. The summed E-state index contributed by atoms with van der Waals surface area (Å²) in [7, 11) is 1.84. The van der Waals surface area contributed by atoms with E-state index in [1.54, 1.807) is 15.8 Å². The van der Waals surface area contributed by atoms with E-state index in [1.807, 2.05) is 32.2 Å². The van der Waals surface area contributed by atoms with Crippen molar-refractivity contribution in [3.05, 3.63) is 53.3 Å². The van der Waals surface area contributed by atoms with E-state index in [1.165, 1.54) is 5.56 Å². The molecule has 0 bridgehead atoms. The number of hydrogen-bond donors (Lipinski definition) is 1. The molecule has 0 aliphatic rings. The third kappa shape index (κ3) is 4.32. The first-order valence-electron chi connectivity index (χ1n) is 7.15. The Hall–Kier alpha value is -1.85. The minimum atomic E-state index is 0. The number of halogens is 1. The number of hydrogen-bond acceptors (Lipinski definition) is 3. The average Bonchev–Trinajstić information content (AvgIpc) is 2.84. The van der Waals surface area contributed by atoms with Crippen LogP contribution in [0.3, 0.4) is 0 Å². The Bertz CT molecular complexity index is 597. The molecule has 2 aromatic rings. The van der Waals surface area contributed by atoms with Crippen LogP contribution in [-0.2, 0) is 13.5 Å². The van der Waals surface area contributed by atoms with Gasteiger partial charge >= 0.3 is 0 Å². The number of rotatable bonds is 6. The monoisotopic (exact) mass is 322 g/mol. The SMILES string of the molecule is Cc1c(C(=O)N(CCN)CCc2ccccc2)cnn1C.Cl. The molecule has 1 heterocycles. The van der Waals surface area contributed by atoms with Crippen molar-refractivity contribution in [1.29, 1.82) is 0 Å². The zero-order valence-electron chi connectivity index (χ0n) is 13.0. The summed E-state index contributed by atoms with van der Waals surface area (Å²) in [6, 6.07) is 10.2. The molecule has 0 aliphatic heterocycles. The van der Waals surface area contributed by atoms with E-state index >= 15 is 0 Å². The highest BCUT2D eigenvalue weighted by atomic mass is 35.5. The molecule has 2 rings (SSSR count). The van der Waals surface area contributed by atoms with Crippen LogP contribution in [0.2, 0.25) is 0 Å². The van der Waals surface area contributed by atoms with Crippen LogP contribution in [0.25, 0.3) is 0 Å². The number of carbonyl (C=O) groups is 1. The standard InChI is InChI=1S/C16H22N4O.ClH/c1-13-15(12-18-19(13)2)16(21)20(11-9-17)10-8-14-6-4-3-5-7-14;/h3-7,12H,8-11,17H2,1-2H3;1H. The number of benzene rings is 1. The normalized spacial score (nSPS) is 10.1. The summed E-state index contributed by atoms with van der Waals surface area (Å²) in [5.74, 6) is 0.00183. The molecule has 0 saturated heterocycles. The molecule has 1 aromatic carbocycles. The van der Waals surface area contributed by atoms with Crippen LogP contribution >= 0.6 is 12.4 Å². The van der Waals surface area contributed by atoms with E-state index in [2.05, 4.69) is 17.2 Å². The summed E-state index contributed by atoms with van der Waals surface area (Å²) >= 11 is 0. The van der Waals surface area contributed by atoms with Crippen molar-refractivity contribution in [3.63, 3.8) is 0 Å². The molecule has 0 aliphatic carbocycles. The molecule has 120 valence electrons.